The van der Waals surface area contributed by atoms with Crippen molar-refractivity contribution < 1.29 is 4.21 Å². The molecule has 2 aromatic carbocycles. The van der Waals surface area contributed by atoms with Gasteiger partial charge < -0.3 is 5.73 Å². The van der Waals surface area contributed by atoms with Crippen molar-refractivity contribution >= 4 is 22.4 Å². The van der Waals surface area contributed by atoms with E-state index in [1.807, 2.05) is 36.4 Å². The van der Waals surface area contributed by atoms with Gasteiger partial charge in [0.25, 0.3) is 0 Å². The molecule has 2 N–H and O–H groups in total. The van der Waals surface area contributed by atoms with Gasteiger partial charge in [0.1, 0.15) is 0 Å². The number of rotatable bonds is 4. The van der Waals surface area contributed by atoms with Gasteiger partial charge in [-0.25, -0.2) is 0 Å². The van der Waals surface area contributed by atoms with Gasteiger partial charge in [-0.1, -0.05) is 48.0 Å². The van der Waals surface area contributed by atoms with E-state index in [9.17, 15) is 4.21 Å². The Morgan fingerprint density at radius 1 is 1.00 bits per heavy atom. The van der Waals surface area contributed by atoms with Crippen molar-refractivity contribution in [2.24, 2.45) is 5.73 Å². The Kier molecular flexibility index (Phi) is 4.53. The summed E-state index contributed by atoms with van der Waals surface area (Å²) in [6.07, 6.45) is 0. The molecule has 0 amide bonds. The predicted molar refractivity (Wildman–Crippen MR) is 75.9 cm³/mol. The van der Waals surface area contributed by atoms with Crippen LogP contribution in [0.2, 0.25) is 5.02 Å². The van der Waals surface area contributed by atoms with Crippen LogP contribution in [0.25, 0.3) is 0 Å². The second-order valence-electron chi connectivity index (χ2n) is 3.94. The molecule has 0 aliphatic heterocycles. The fourth-order valence-electron chi connectivity index (χ4n) is 1.63. The van der Waals surface area contributed by atoms with Crippen LogP contribution >= 0.6 is 11.6 Å². The highest BCUT2D eigenvalue weighted by molar-refractivity contribution is 7.84. The van der Waals surface area contributed by atoms with Gasteiger partial charge in [0, 0.05) is 6.54 Å². The smallest absolute Gasteiger partial charge is 0.0589 e. The van der Waals surface area contributed by atoms with E-state index >= 15 is 0 Å². The molecule has 0 aliphatic carbocycles. The zero-order valence-electron chi connectivity index (χ0n) is 9.80. The summed E-state index contributed by atoms with van der Waals surface area (Å²) < 4.78 is 12.2. The van der Waals surface area contributed by atoms with E-state index in [2.05, 4.69) is 0 Å². The van der Waals surface area contributed by atoms with Gasteiger partial charge in [-0.3, -0.25) is 4.21 Å². The molecule has 1 atom stereocenters. The van der Waals surface area contributed by atoms with Crippen molar-refractivity contribution in [1.29, 1.82) is 0 Å². The molecule has 94 valence electrons. The highest BCUT2D eigenvalue weighted by Crippen LogP contribution is 2.21. The number of hydrogen-bond donors (Lipinski definition) is 1. The van der Waals surface area contributed by atoms with Gasteiger partial charge in [0.05, 0.1) is 26.5 Å². The summed E-state index contributed by atoms with van der Waals surface area (Å²) in [5.41, 5.74) is 7.63. The Morgan fingerprint density at radius 2 is 1.61 bits per heavy atom. The first-order chi connectivity index (χ1) is 8.70. The lowest BCUT2D eigenvalue weighted by Gasteiger charge is -2.05. The quantitative estimate of drug-likeness (QED) is 0.934. The topological polar surface area (TPSA) is 43.1 Å². The first-order valence-corrected chi connectivity index (χ1v) is 7.31. The van der Waals surface area contributed by atoms with Crippen LogP contribution in [0.3, 0.4) is 0 Å². The van der Waals surface area contributed by atoms with Crippen LogP contribution in [0.15, 0.2) is 53.4 Å². The maximum atomic E-state index is 12.2. The molecule has 0 fully saturated rings. The van der Waals surface area contributed by atoms with E-state index in [1.165, 1.54) is 0 Å². The first kappa shape index (κ1) is 13.3. The van der Waals surface area contributed by atoms with E-state index in [0.717, 1.165) is 11.1 Å². The molecule has 1 unspecified atom stereocenters. The van der Waals surface area contributed by atoms with Crippen LogP contribution < -0.4 is 5.73 Å². The minimum atomic E-state index is -1.12. The maximum Gasteiger partial charge on any atom is 0.0589 e. The lowest BCUT2D eigenvalue weighted by molar-refractivity contribution is 0.682. The zero-order valence-corrected chi connectivity index (χ0v) is 11.4. The van der Waals surface area contributed by atoms with Gasteiger partial charge in [-0.15, -0.1) is 0 Å². The van der Waals surface area contributed by atoms with Crippen LogP contribution in [0.1, 0.15) is 11.1 Å². The zero-order chi connectivity index (χ0) is 13.0. The molecule has 0 spiro atoms. The fraction of sp³-hybridized carbons (Fsp3) is 0.143. The Morgan fingerprint density at radius 3 is 2.22 bits per heavy atom. The van der Waals surface area contributed by atoms with E-state index < -0.39 is 10.8 Å². The summed E-state index contributed by atoms with van der Waals surface area (Å²) in [6.45, 7) is 0.522. The summed E-state index contributed by atoms with van der Waals surface area (Å²) in [7, 11) is -1.12. The second kappa shape index (κ2) is 6.14. The largest absolute Gasteiger partial charge is 0.326 e. The lowest BCUT2D eigenvalue weighted by atomic mass is 10.1. The molecule has 2 rings (SSSR count). The molecule has 0 aromatic heterocycles. The molecule has 0 saturated carbocycles. The molecule has 2 nitrogen and oxygen atoms in total. The normalized spacial score (nSPS) is 12.3. The first-order valence-electron chi connectivity index (χ1n) is 5.61. The Bertz CT molecular complexity index is 554. The summed E-state index contributed by atoms with van der Waals surface area (Å²) in [5, 5.41) is 0.550. The molecule has 4 heteroatoms. The molecular weight excluding hydrogens is 266 g/mol. The summed E-state index contributed by atoms with van der Waals surface area (Å²) in [4.78, 5) is 0.682. The molecule has 0 heterocycles. The molecule has 0 saturated heterocycles. The summed E-state index contributed by atoms with van der Waals surface area (Å²) in [5.74, 6) is 0.467. The van der Waals surface area contributed by atoms with Gasteiger partial charge in [-0.2, -0.15) is 0 Å². The number of hydrogen-bond acceptors (Lipinski definition) is 2. The monoisotopic (exact) mass is 279 g/mol. The lowest BCUT2D eigenvalue weighted by Crippen LogP contribution is -1.99. The molecule has 18 heavy (non-hydrogen) atoms. The maximum absolute atomic E-state index is 12.2. The van der Waals surface area contributed by atoms with Crippen molar-refractivity contribution in [3.05, 3.63) is 64.7 Å². The average Bonchev–Trinajstić information content (AvgIpc) is 2.40. The van der Waals surface area contributed by atoms with Crippen LogP contribution in [0.5, 0.6) is 0 Å². The number of benzene rings is 2. The summed E-state index contributed by atoms with van der Waals surface area (Å²) >= 11 is 6.02. The molecule has 0 bridgehead atoms. The van der Waals surface area contributed by atoms with Gasteiger partial charge in [0.15, 0.2) is 0 Å². The van der Waals surface area contributed by atoms with Crippen LogP contribution in [0, 0.1) is 0 Å². The standard InChI is InChI=1S/C14H14ClNOS/c15-13-3-1-2-4-14(13)18(17)10-12-7-5-11(9-16)6-8-12/h1-8H,9-10,16H2. The van der Waals surface area contributed by atoms with Gasteiger partial charge >= 0.3 is 0 Å². The number of nitrogens with two attached hydrogens (primary N) is 1. The minimum Gasteiger partial charge on any atom is -0.326 e. The van der Waals surface area contributed by atoms with Crippen LogP contribution in [0.4, 0.5) is 0 Å². The molecule has 0 radical (unpaired) electrons. The van der Waals surface area contributed by atoms with Crippen molar-refractivity contribution in [2.45, 2.75) is 17.2 Å². The molecule has 2 aromatic rings. The highest BCUT2D eigenvalue weighted by Gasteiger charge is 2.08. The molecule has 0 aliphatic rings. The van der Waals surface area contributed by atoms with E-state index in [4.69, 9.17) is 17.3 Å². The van der Waals surface area contributed by atoms with E-state index in [1.54, 1.807) is 12.1 Å². The number of halogens is 1. The van der Waals surface area contributed by atoms with Crippen molar-refractivity contribution in [3.8, 4) is 0 Å². The predicted octanol–water partition coefficient (Wildman–Crippen LogP) is 3.11. The van der Waals surface area contributed by atoms with Crippen molar-refractivity contribution in [2.75, 3.05) is 0 Å². The Labute approximate surface area is 114 Å². The van der Waals surface area contributed by atoms with E-state index in [-0.39, 0.29) is 0 Å². The van der Waals surface area contributed by atoms with E-state index in [0.29, 0.717) is 22.2 Å². The second-order valence-corrected chi connectivity index (χ2v) is 5.77. The van der Waals surface area contributed by atoms with Crippen molar-refractivity contribution in [3.63, 3.8) is 0 Å². The fourth-order valence-corrected chi connectivity index (χ4v) is 3.19. The average molecular weight is 280 g/mol. The minimum absolute atomic E-state index is 0.467. The third-order valence-corrected chi connectivity index (χ3v) is 4.52. The Hall–Kier alpha value is -1.16. The van der Waals surface area contributed by atoms with Crippen LogP contribution in [-0.4, -0.2) is 4.21 Å². The third-order valence-electron chi connectivity index (χ3n) is 2.64. The van der Waals surface area contributed by atoms with Crippen LogP contribution in [-0.2, 0) is 23.1 Å². The highest BCUT2D eigenvalue weighted by atomic mass is 35.5. The third kappa shape index (κ3) is 3.19. The molecular formula is C14H14ClNOS. The van der Waals surface area contributed by atoms with Crippen molar-refractivity contribution in [1.82, 2.24) is 0 Å². The van der Waals surface area contributed by atoms with Gasteiger partial charge in [0.2, 0.25) is 0 Å². The summed E-state index contributed by atoms with van der Waals surface area (Å²) in [6, 6.07) is 15.1. The van der Waals surface area contributed by atoms with Gasteiger partial charge in [-0.05, 0) is 23.3 Å². The SMILES string of the molecule is NCc1ccc(CS(=O)c2ccccc2Cl)cc1. The Balaban J connectivity index is 2.14.